The summed E-state index contributed by atoms with van der Waals surface area (Å²) in [5.74, 6) is 0.0327. The van der Waals surface area contributed by atoms with Gasteiger partial charge in [-0.05, 0) is 37.8 Å². The summed E-state index contributed by atoms with van der Waals surface area (Å²) in [5.41, 5.74) is 3.59. The maximum atomic E-state index is 12.1. The Bertz CT molecular complexity index is 699. The number of benzene rings is 1. The second kappa shape index (κ2) is 11.6. The number of allylic oxidation sites excluding steroid dienone is 1. The molecule has 1 aromatic carbocycles. The third kappa shape index (κ3) is 7.07. The number of unbranched alkanes of at least 4 members (excludes halogenated alkanes) is 6. The predicted octanol–water partition coefficient (Wildman–Crippen LogP) is 5.91. The third-order valence-electron chi connectivity index (χ3n) is 4.92. The minimum Gasteiger partial charge on any atom is -0.361 e. The minimum atomic E-state index is 0.0327. The molecule has 1 amide bonds. The molecule has 0 spiro atoms. The first-order valence-electron chi connectivity index (χ1n) is 10.2. The fourth-order valence-electron chi connectivity index (χ4n) is 3.37. The Balaban J connectivity index is 1.62. The minimum absolute atomic E-state index is 0.0327. The quantitative estimate of drug-likeness (QED) is 0.361. The Labute approximate surface area is 158 Å². The number of aromatic amines is 1. The Morgan fingerprint density at radius 3 is 2.62 bits per heavy atom. The van der Waals surface area contributed by atoms with Gasteiger partial charge in [-0.25, -0.2) is 0 Å². The fourth-order valence-corrected chi connectivity index (χ4v) is 3.37. The maximum Gasteiger partial charge on any atom is 0.243 e. The molecule has 0 aliphatic heterocycles. The van der Waals surface area contributed by atoms with E-state index < -0.39 is 0 Å². The second-order valence-corrected chi connectivity index (χ2v) is 7.26. The molecule has 3 nitrogen and oxygen atoms in total. The Morgan fingerprint density at radius 1 is 1.08 bits per heavy atom. The second-order valence-electron chi connectivity index (χ2n) is 7.26. The number of rotatable bonds is 12. The zero-order valence-electron chi connectivity index (χ0n) is 16.4. The van der Waals surface area contributed by atoms with Crippen LogP contribution in [0.5, 0.6) is 0 Å². The van der Waals surface area contributed by atoms with Gasteiger partial charge in [-0.1, -0.05) is 69.2 Å². The van der Waals surface area contributed by atoms with Crippen LogP contribution in [-0.2, 0) is 11.2 Å². The fraction of sp³-hybridized carbons (Fsp3) is 0.522. The molecule has 1 heterocycles. The largest absolute Gasteiger partial charge is 0.361 e. The van der Waals surface area contributed by atoms with E-state index in [4.69, 9.17) is 0 Å². The molecular weight excluding hydrogens is 320 g/mol. The Morgan fingerprint density at radius 2 is 1.81 bits per heavy atom. The van der Waals surface area contributed by atoms with E-state index >= 15 is 0 Å². The first-order valence-corrected chi connectivity index (χ1v) is 10.2. The van der Waals surface area contributed by atoms with Crippen LogP contribution >= 0.6 is 0 Å². The molecular formula is C23H34N2O. The van der Waals surface area contributed by atoms with Gasteiger partial charge >= 0.3 is 0 Å². The van der Waals surface area contributed by atoms with Crippen molar-refractivity contribution in [2.24, 2.45) is 0 Å². The van der Waals surface area contributed by atoms with Gasteiger partial charge in [0.05, 0.1) is 0 Å². The number of aromatic nitrogens is 1. The van der Waals surface area contributed by atoms with Gasteiger partial charge in [-0.15, -0.1) is 0 Å². The van der Waals surface area contributed by atoms with Crippen LogP contribution in [0.2, 0.25) is 0 Å². The summed E-state index contributed by atoms with van der Waals surface area (Å²) in [6.07, 6.45) is 14.9. The third-order valence-corrected chi connectivity index (χ3v) is 4.92. The van der Waals surface area contributed by atoms with E-state index in [-0.39, 0.29) is 5.91 Å². The molecule has 26 heavy (non-hydrogen) atoms. The maximum absolute atomic E-state index is 12.1. The molecule has 1 aromatic heterocycles. The Hall–Kier alpha value is -2.03. The van der Waals surface area contributed by atoms with Crippen LogP contribution in [-0.4, -0.2) is 17.4 Å². The van der Waals surface area contributed by atoms with Crippen molar-refractivity contribution >= 4 is 16.8 Å². The van der Waals surface area contributed by atoms with Crippen LogP contribution in [0, 0.1) is 0 Å². The lowest BCUT2D eigenvalue weighted by Gasteiger charge is -2.04. The first kappa shape index (κ1) is 20.3. The predicted molar refractivity (Wildman–Crippen MR) is 111 cm³/mol. The van der Waals surface area contributed by atoms with Gasteiger partial charge in [-0.2, -0.15) is 0 Å². The molecule has 2 rings (SSSR count). The molecule has 142 valence electrons. The monoisotopic (exact) mass is 354 g/mol. The molecule has 0 aliphatic carbocycles. The van der Waals surface area contributed by atoms with Crippen LogP contribution < -0.4 is 5.32 Å². The number of carbonyl (C=O) groups excluding carboxylic acids is 1. The van der Waals surface area contributed by atoms with Gasteiger partial charge < -0.3 is 10.3 Å². The van der Waals surface area contributed by atoms with Crippen LogP contribution in [0.1, 0.15) is 70.8 Å². The lowest BCUT2D eigenvalue weighted by Crippen LogP contribution is -2.23. The van der Waals surface area contributed by atoms with E-state index in [9.17, 15) is 4.79 Å². The van der Waals surface area contributed by atoms with E-state index in [1.807, 2.05) is 18.3 Å². The highest BCUT2D eigenvalue weighted by molar-refractivity contribution is 5.88. The summed E-state index contributed by atoms with van der Waals surface area (Å²) in [4.78, 5) is 15.3. The highest BCUT2D eigenvalue weighted by atomic mass is 16.1. The smallest absolute Gasteiger partial charge is 0.243 e. The lowest BCUT2D eigenvalue weighted by molar-refractivity contribution is -0.116. The van der Waals surface area contributed by atoms with Crippen molar-refractivity contribution in [3.8, 4) is 0 Å². The van der Waals surface area contributed by atoms with Crippen molar-refractivity contribution in [1.82, 2.24) is 10.3 Å². The Kier molecular flexibility index (Phi) is 9.02. The van der Waals surface area contributed by atoms with Crippen molar-refractivity contribution in [2.45, 2.75) is 71.6 Å². The molecule has 2 aromatic rings. The van der Waals surface area contributed by atoms with E-state index in [0.717, 1.165) is 18.4 Å². The average Bonchev–Trinajstić information content (AvgIpc) is 3.04. The average molecular weight is 355 g/mol. The van der Waals surface area contributed by atoms with Crippen LogP contribution in [0.25, 0.3) is 10.9 Å². The first-order chi connectivity index (χ1) is 12.7. The summed E-state index contributed by atoms with van der Waals surface area (Å²) < 4.78 is 0. The summed E-state index contributed by atoms with van der Waals surface area (Å²) in [7, 11) is 0. The molecule has 3 heteroatoms. The summed E-state index contributed by atoms with van der Waals surface area (Å²) >= 11 is 0. The van der Waals surface area contributed by atoms with Crippen LogP contribution in [0.3, 0.4) is 0 Å². The number of amides is 1. The number of para-hydroxylation sites is 1. The molecule has 0 fully saturated rings. The van der Waals surface area contributed by atoms with Crippen LogP contribution in [0.15, 0.2) is 42.1 Å². The number of nitrogens with one attached hydrogen (secondary N) is 2. The molecule has 0 bridgehead atoms. The van der Waals surface area contributed by atoms with E-state index in [2.05, 4.69) is 36.3 Å². The van der Waals surface area contributed by atoms with Crippen molar-refractivity contribution < 1.29 is 4.79 Å². The molecule has 0 saturated carbocycles. The molecule has 0 aliphatic rings. The number of H-pyrrole nitrogens is 1. The van der Waals surface area contributed by atoms with Crippen LogP contribution in [0.4, 0.5) is 0 Å². The highest BCUT2D eigenvalue weighted by Crippen LogP contribution is 2.17. The van der Waals surface area contributed by atoms with Crippen molar-refractivity contribution in [3.63, 3.8) is 0 Å². The van der Waals surface area contributed by atoms with Gasteiger partial charge in [0.1, 0.15) is 0 Å². The van der Waals surface area contributed by atoms with Crippen molar-refractivity contribution in [2.75, 3.05) is 6.54 Å². The lowest BCUT2D eigenvalue weighted by atomic mass is 10.1. The number of fused-ring (bicyclic) bond motifs is 1. The SMILES string of the molecule is CCCCCCCCC/C(C)=C\C(=O)NCCc1c[nH]c2ccccc12. The highest BCUT2D eigenvalue weighted by Gasteiger charge is 2.04. The molecule has 0 unspecified atom stereocenters. The molecule has 0 saturated heterocycles. The van der Waals surface area contributed by atoms with Gasteiger partial charge in [0.2, 0.25) is 5.91 Å². The number of carbonyl (C=O) groups is 1. The number of hydrogen-bond donors (Lipinski definition) is 2. The summed E-state index contributed by atoms with van der Waals surface area (Å²) in [6.45, 7) is 4.98. The van der Waals surface area contributed by atoms with Gasteiger partial charge in [0, 0.05) is 29.7 Å². The van der Waals surface area contributed by atoms with E-state index in [1.54, 1.807) is 6.08 Å². The van der Waals surface area contributed by atoms with E-state index in [0.29, 0.717) is 6.54 Å². The van der Waals surface area contributed by atoms with Crippen molar-refractivity contribution in [3.05, 3.63) is 47.7 Å². The van der Waals surface area contributed by atoms with Gasteiger partial charge in [0.25, 0.3) is 0 Å². The van der Waals surface area contributed by atoms with Gasteiger partial charge in [0.15, 0.2) is 0 Å². The summed E-state index contributed by atoms with van der Waals surface area (Å²) in [5, 5.41) is 4.26. The zero-order valence-corrected chi connectivity index (χ0v) is 16.4. The number of hydrogen-bond acceptors (Lipinski definition) is 1. The van der Waals surface area contributed by atoms with Gasteiger partial charge in [-0.3, -0.25) is 4.79 Å². The van der Waals surface area contributed by atoms with Crippen molar-refractivity contribution in [1.29, 1.82) is 0 Å². The standard InChI is InChI=1S/C23H34N2O/c1-3-4-5-6-7-8-9-12-19(2)17-23(26)24-16-15-20-18-25-22-14-11-10-13-21(20)22/h10-11,13-14,17-18,25H,3-9,12,15-16H2,1-2H3,(H,24,26)/b19-17-. The topological polar surface area (TPSA) is 44.9 Å². The zero-order chi connectivity index (χ0) is 18.6. The molecule has 0 radical (unpaired) electrons. The normalized spacial score (nSPS) is 11.8. The van der Waals surface area contributed by atoms with E-state index in [1.165, 1.54) is 61.5 Å². The summed E-state index contributed by atoms with van der Waals surface area (Å²) in [6, 6.07) is 8.28. The molecule has 0 atom stereocenters. The molecule has 2 N–H and O–H groups in total.